The third-order valence-corrected chi connectivity index (χ3v) is 3.91. The Bertz CT molecular complexity index is 426. The lowest BCUT2D eigenvalue weighted by atomic mass is 10.0. The molecule has 1 aromatic carbocycles. The molecule has 1 heterocycles. The van der Waals surface area contributed by atoms with Crippen molar-refractivity contribution in [1.82, 2.24) is 10.2 Å². The second kappa shape index (κ2) is 9.64. The summed E-state index contributed by atoms with van der Waals surface area (Å²) in [6, 6.07) is 6.50. The lowest BCUT2D eigenvalue weighted by molar-refractivity contribution is 0.203. The highest BCUT2D eigenvalue weighted by Gasteiger charge is 2.19. The van der Waals surface area contributed by atoms with Gasteiger partial charge in [0.15, 0.2) is 0 Å². The topological polar surface area (TPSA) is 24.5 Å². The highest BCUT2D eigenvalue weighted by molar-refractivity contribution is 9.10. The molecule has 1 aromatic rings. The van der Waals surface area contributed by atoms with Crippen LogP contribution < -0.4 is 10.1 Å². The van der Waals surface area contributed by atoms with Crippen molar-refractivity contribution in [1.29, 1.82) is 0 Å². The highest BCUT2D eigenvalue weighted by Crippen LogP contribution is 2.30. The average molecular weight is 384 g/mol. The van der Waals surface area contributed by atoms with Crippen LogP contribution in [0.3, 0.4) is 0 Å². The molecule has 1 aliphatic heterocycles. The van der Waals surface area contributed by atoms with Gasteiger partial charge in [0.2, 0.25) is 0 Å². The molecular weight excluding hydrogens is 363 g/mol. The third kappa shape index (κ3) is 4.64. The molecule has 6 heteroatoms. The smallest absolute Gasteiger partial charge is 0.133 e. The number of hydrogen-bond donors (Lipinski definition) is 1. The molecule has 1 atom stereocenters. The Kier molecular flexibility index (Phi) is 9.51. The van der Waals surface area contributed by atoms with Crippen molar-refractivity contribution in [3.05, 3.63) is 40.9 Å². The van der Waals surface area contributed by atoms with Gasteiger partial charge < -0.3 is 10.1 Å². The summed E-state index contributed by atoms with van der Waals surface area (Å²) in [5.41, 5.74) is 1.25. The summed E-state index contributed by atoms with van der Waals surface area (Å²) in [5, 5.41) is 3.37. The molecule has 0 aromatic heterocycles. The number of halogens is 3. The van der Waals surface area contributed by atoms with Crippen molar-refractivity contribution < 1.29 is 4.74 Å². The third-order valence-electron chi connectivity index (χ3n) is 3.29. The molecule has 3 nitrogen and oxygen atoms in total. The Morgan fingerprint density at radius 2 is 2.00 bits per heavy atom. The van der Waals surface area contributed by atoms with Gasteiger partial charge in [-0.2, -0.15) is 0 Å². The molecular formula is C14H21BrCl2N2O. The van der Waals surface area contributed by atoms with E-state index in [1.165, 1.54) is 5.56 Å². The molecule has 2 rings (SSSR count). The number of hydrogen-bond acceptors (Lipinski definition) is 3. The summed E-state index contributed by atoms with van der Waals surface area (Å²) in [6.07, 6.45) is 2.01. The first kappa shape index (κ1) is 19.7. The number of nitrogens with one attached hydrogen (secondary N) is 1. The molecule has 1 N–H and O–H groups in total. The Labute approximate surface area is 141 Å². The van der Waals surface area contributed by atoms with Crippen molar-refractivity contribution in [2.75, 3.05) is 33.3 Å². The fourth-order valence-electron chi connectivity index (χ4n) is 2.32. The van der Waals surface area contributed by atoms with E-state index in [1.54, 1.807) is 7.11 Å². The minimum absolute atomic E-state index is 0. The highest BCUT2D eigenvalue weighted by atomic mass is 79.9. The van der Waals surface area contributed by atoms with E-state index in [4.69, 9.17) is 4.74 Å². The van der Waals surface area contributed by atoms with E-state index in [0.717, 1.165) is 36.4 Å². The zero-order chi connectivity index (χ0) is 13.0. The van der Waals surface area contributed by atoms with Crippen molar-refractivity contribution in [3.63, 3.8) is 0 Å². The second-order valence-corrected chi connectivity index (χ2v) is 5.21. The lowest BCUT2D eigenvalue weighted by Crippen LogP contribution is -2.44. The fourth-order valence-corrected chi connectivity index (χ4v) is 2.88. The number of rotatable bonds is 4. The van der Waals surface area contributed by atoms with E-state index in [-0.39, 0.29) is 30.9 Å². The van der Waals surface area contributed by atoms with Crippen LogP contribution in [-0.2, 0) is 0 Å². The first-order chi connectivity index (χ1) is 8.76. The van der Waals surface area contributed by atoms with Crippen LogP contribution in [0.15, 0.2) is 35.3 Å². The van der Waals surface area contributed by atoms with Gasteiger partial charge in [0, 0.05) is 26.2 Å². The van der Waals surface area contributed by atoms with E-state index < -0.39 is 0 Å². The Morgan fingerprint density at radius 3 is 2.50 bits per heavy atom. The average Bonchev–Trinajstić information content (AvgIpc) is 2.41. The zero-order valence-corrected chi connectivity index (χ0v) is 14.7. The SMILES string of the molecule is C=C[C@H](c1ccc(OC)c(Br)c1)N1CCNCC1.Cl.Cl. The lowest BCUT2D eigenvalue weighted by Gasteiger charge is -2.33. The number of methoxy groups -OCH3 is 1. The van der Waals surface area contributed by atoms with Crippen LogP contribution in [0.2, 0.25) is 0 Å². The van der Waals surface area contributed by atoms with Gasteiger partial charge in [-0.25, -0.2) is 0 Å². The van der Waals surface area contributed by atoms with Crippen molar-refractivity contribution in [3.8, 4) is 5.75 Å². The number of piperazine rings is 1. The van der Waals surface area contributed by atoms with Gasteiger partial charge in [0.1, 0.15) is 5.75 Å². The van der Waals surface area contributed by atoms with E-state index in [0.29, 0.717) is 0 Å². The summed E-state index contributed by atoms with van der Waals surface area (Å²) in [7, 11) is 1.68. The summed E-state index contributed by atoms with van der Waals surface area (Å²) >= 11 is 3.54. The number of benzene rings is 1. The first-order valence-corrected chi connectivity index (χ1v) is 6.96. The molecule has 1 fully saturated rings. The molecule has 0 bridgehead atoms. The normalized spacial score (nSPS) is 16.5. The van der Waals surface area contributed by atoms with Crippen LogP contribution in [-0.4, -0.2) is 38.2 Å². The van der Waals surface area contributed by atoms with E-state index >= 15 is 0 Å². The predicted molar refractivity (Wildman–Crippen MR) is 92.6 cm³/mol. The van der Waals surface area contributed by atoms with Crippen molar-refractivity contribution in [2.24, 2.45) is 0 Å². The molecule has 0 amide bonds. The maximum atomic E-state index is 5.26. The molecule has 20 heavy (non-hydrogen) atoms. The summed E-state index contributed by atoms with van der Waals surface area (Å²) < 4.78 is 6.25. The second-order valence-electron chi connectivity index (χ2n) is 4.36. The predicted octanol–water partition coefficient (Wildman–Crippen LogP) is 3.43. The molecule has 114 valence electrons. The molecule has 0 saturated carbocycles. The van der Waals surface area contributed by atoms with Crippen LogP contribution >= 0.6 is 40.7 Å². The Hall–Kier alpha value is -0.260. The van der Waals surface area contributed by atoms with Crippen LogP contribution in [0.25, 0.3) is 0 Å². The Balaban J connectivity index is 0.00000180. The van der Waals surface area contributed by atoms with Gasteiger partial charge in [0.25, 0.3) is 0 Å². The van der Waals surface area contributed by atoms with Crippen molar-refractivity contribution >= 4 is 40.7 Å². The minimum Gasteiger partial charge on any atom is -0.496 e. The first-order valence-electron chi connectivity index (χ1n) is 6.17. The zero-order valence-electron chi connectivity index (χ0n) is 11.5. The summed E-state index contributed by atoms with van der Waals surface area (Å²) in [4.78, 5) is 2.44. The fraction of sp³-hybridized carbons (Fsp3) is 0.429. The van der Waals surface area contributed by atoms with Gasteiger partial charge in [-0.3, -0.25) is 4.90 Å². The van der Waals surface area contributed by atoms with Gasteiger partial charge in [-0.15, -0.1) is 31.4 Å². The summed E-state index contributed by atoms with van der Waals surface area (Å²) in [6.45, 7) is 8.17. The molecule has 1 saturated heterocycles. The monoisotopic (exact) mass is 382 g/mol. The maximum absolute atomic E-state index is 5.26. The van der Waals surface area contributed by atoms with Crippen LogP contribution in [0.5, 0.6) is 5.75 Å². The summed E-state index contributed by atoms with van der Waals surface area (Å²) in [5.74, 6) is 0.863. The van der Waals surface area contributed by atoms with Crippen molar-refractivity contribution in [2.45, 2.75) is 6.04 Å². The van der Waals surface area contributed by atoms with Gasteiger partial charge >= 0.3 is 0 Å². The van der Waals surface area contributed by atoms with Gasteiger partial charge in [-0.1, -0.05) is 12.1 Å². The maximum Gasteiger partial charge on any atom is 0.133 e. The standard InChI is InChI=1S/C14H19BrN2O.2ClH/c1-3-13(17-8-6-16-7-9-17)11-4-5-14(18-2)12(15)10-11;;/h3-5,10,13,16H,1,6-9H2,2H3;2*1H/t13-;;/m1../s1. The van der Waals surface area contributed by atoms with E-state index in [9.17, 15) is 0 Å². The van der Waals surface area contributed by atoms with E-state index in [2.05, 4.69) is 44.9 Å². The number of nitrogens with zero attached hydrogens (tertiary/aromatic N) is 1. The molecule has 0 radical (unpaired) electrons. The molecule has 0 aliphatic carbocycles. The molecule has 0 unspecified atom stereocenters. The van der Waals surface area contributed by atoms with Gasteiger partial charge in [-0.05, 0) is 33.6 Å². The van der Waals surface area contributed by atoms with E-state index in [1.807, 2.05) is 12.1 Å². The van der Waals surface area contributed by atoms with Crippen LogP contribution in [0, 0.1) is 0 Å². The van der Waals surface area contributed by atoms with Crippen LogP contribution in [0.4, 0.5) is 0 Å². The van der Waals surface area contributed by atoms with Crippen LogP contribution in [0.1, 0.15) is 11.6 Å². The van der Waals surface area contributed by atoms with Gasteiger partial charge in [0.05, 0.1) is 17.6 Å². The minimum atomic E-state index is 0. The largest absolute Gasteiger partial charge is 0.496 e. The Morgan fingerprint density at radius 1 is 1.35 bits per heavy atom. The molecule has 0 spiro atoms. The number of ether oxygens (including phenoxy) is 1. The molecule has 1 aliphatic rings. The quantitative estimate of drug-likeness (QED) is 0.806.